The molecule has 1 aliphatic heterocycles. The molecule has 1 N–H and O–H groups in total. The molecule has 1 heterocycles. The molecule has 2 rings (SSSR count). The summed E-state index contributed by atoms with van der Waals surface area (Å²) in [5, 5.41) is 3.54. The number of benzene rings is 1. The highest BCUT2D eigenvalue weighted by Gasteiger charge is 2.27. The maximum Gasteiger partial charge on any atom is 0.253 e. The molecule has 120 valence electrons. The minimum Gasteiger partial charge on any atom is -0.356 e. The summed E-state index contributed by atoms with van der Waals surface area (Å²) in [6.45, 7) is 6.09. The van der Waals surface area contributed by atoms with E-state index in [0.29, 0.717) is 36.1 Å². The van der Waals surface area contributed by atoms with Crippen molar-refractivity contribution in [3.8, 4) is 0 Å². The van der Waals surface area contributed by atoms with Crippen LogP contribution in [0.2, 0.25) is 5.02 Å². The zero-order chi connectivity index (χ0) is 16.1. The van der Waals surface area contributed by atoms with Crippen molar-refractivity contribution in [3.05, 3.63) is 34.9 Å². The molecule has 0 atom stereocenters. The molecule has 1 aromatic rings. The van der Waals surface area contributed by atoms with Crippen LogP contribution in [-0.2, 0) is 4.79 Å². The quantitative estimate of drug-likeness (QED) is 0.926. The number of piperidine rings is 1. The van der Waals surface area contributed by atoms with Crippen molar-refractivity contribution < 1.29 is 9.59 Å². The van der Waals surface area contributed by atoms with Gasteiger partial charge in [0, 0.05) is 36.1 Å². The van der Waals surface area contributed by atoms with Gasteiger partial charge in [-0.05, 0) is 37.0 Å². The molecular formula is C17H23ClN2O2. The summed E-state index contributed by atoms with van der Waals surface area (Å²) in [5.74, 6) is 0.572. The summed E-state index contributed by atoms with van der Waals surface area (Å²) in [4.78, 5) is 26.3. The van der Waals surface area contributed by atoms with E-state index in [9.17, 15) is 9.59 Å². The Morgan fingerprint density at radius 1 is 1.32 bits per heavy atom. The van der Waals surface area contributed by atoms with Crippen LogP contribution in [0.15, 0.2) is 24.3 Å². The van der Waals surface area contributed by atoms with Crippen LogP contribution in [0.3, 0.4) is 0 Å². The molecule has 0 bridgehead atoms. The highest BCUT2D eigenvalue weighted by molar-refractivity contribution is 6.30. The molecule has 2 amide bonds. The van der Waals surface area contributed by atoms with Gasteiger partial charge < -0.3 is 10.2 Å². The van der Waals surface area contributed by atoms with E-state index < -0.39 is 0 Å². The first-order valence-corrected chi connectivity index (χ1v) is 8.17. The summed E-state index contributed by atoms with van der Waals surface area (Å²) in [6.07, 6.45) is 1.44. The van der Waals surface area contributed by atoms with Gasteiger partial charge in [-0.2, -0.15) is 0 Å². The molecule has 5 heteroatoms. The van der Waals surface area contributed by atoms with E-state index in [-0.39, 0.29) is 17.7 Å². The van der Waals surface area contributed by atoms with Gasteiger partial charge in [0.25, 0.3) is 5.91 Å². The van der Waals surface area contributed by atoms with Crippen molar-refractivity contribution in [2.75, 3.05) is 19.6 Å². The van der Waals surface area contributed by atoms with E-state index in [1.165, 1.54) is 0 Å². The number of carbonyl (C=O) groups excluding carboxylic acids is 2. The van der Waals surface area contributed by atoms with Gasteiger partial charge in [0.05, 0.1) is 0 Å². The fourth-order valence-corrected chi connectivity index (χ4v) is 2.79. The second-order valence-corrected chi connectivity index (χ2v) is 6.65. The third kappa shape index (κ3) is 4.47. The highest BCUT2D eigenvalue weighted by Crippen LogP contribution is 2.20. The van der Waals surface area contributed by atoms with E-state index >= 15 is 0 Å². The summed E-state index contributed by atoms with van der Waals surface area (Å²) in [7, 11) is 0. The molecule has 0 saturated carbocycles. The van der Waals surface area contributed by atoms with Crippen molar-refractivity contribution >= 4 is 23.4 Å². The van der Waals surface area contributed by atoms with Gasteiger partial charge in [-0.1, -0.05) is 31.5 Å². The third-order valence-corrected chi connectivity index (χ3v) is 4.14. The second-order valence-electron chi connectivity index (χ2n) is 6.22. The number of halogens is 1. The van der Waals surface area contributed by atoms with Crippen LogP contribution in [0.5, 0.6) is 0 Å². The van der Waals surface area contributed by atoms with Gasteiger partial charge in [0.15, 0.2) is 0 Å². The molecule has 0 aromatic heterocycles. The minimum absolute atomic E-state index is 0.0106. The van der Waals surface area contributed by atoms with Crippen molar-refractivity contribution in [1.29, 1.82) is 0 Å². The Bertz CT molecular complexity index is 537. The molecular weight excluding hydrogens is 300 g/mol. The van der Waals surface area contributed by atoms with E-state index in [1.54, 1.807) is 29.2 Å². The zero-order valence-electron chi connectivity index (χ0n) is 13.1. The molecule has 0 radical (unpaired) electrons. The Balaban J connectivity index is 1.86. The van der Waals surface area contributed by atoms with Crippen LogP contribution in [0.1, 0.15) is 37.0 Å². The lowest BCUT2D eigenvalue weighted by Gasteiger charge is -2.31. The molecule has 0 aliphatic carbocycles. The largest absolute Gasteiger partial charge is 0.356 e. The smallest absolute Gasteiger partial charge is 0.253 e. The molecule has 1 aliphatic rings. The Hall–Kier alpha value is -1.55. The predicted molar refractivity (Wildman–Crippen MR) is 87.9 cm³/mol. The summed E-state index contributed by atoms with van der Waals surface area (Å²) in [5.41, 5.74) is 0.607. The summed E-state index contributed by atoms with van der Waals surface area (Å²) in [6, 6.07) is 6.99. The summed E-state index contributed by atoms with van der Waals surface area (Å²) < 4.78 is 0. The van der Waals surface area contributed by atoms with E-state index in [4.69, 9.17) is 11.6 Å². The first-order valence-electron chi connectivity index (χ1n) is 7.80. The first-order chi connectivity index (χ1) is 10.5. The van der Waals surface area contributed by atoms with Crippen molar-refractivity contribution in [1.82, 2.24) is 10.2 Å². The fraction of sp³-hybridized carbons (Fsp3) is 0.529. The molecule has 22 heavy (non-hydrogen) atoms. The van der Waals surface area contributed by atoms with Gasteiger partial charge >= 0.3 is 0 Å². The number of nitrogens with zero attached hydrogens (tertiary/aromatic N) is 1. The number of amides is 2. The Morgan fingerprint density at radius 3 is 2.59 bits per heavy atom. The maximum absolute atomic E-state index is 12.4. The number of carbonyl (C=O) groups is 2. The van der Waals surface area contributed by atoms with E-state index in [1.807, 2.05) is 0 Å². The molecule has 0 spiro atoms. The maximum atomic E-state index is 12.4. The lowest BCUT2D eigenvalue weighted by atomic mass is 9.95. The molecule has 0 unspecified atom stereocenters. The average molecular weight is 323 g/mol. The zero-order valence-corrected chi connectivity index (χ0v) is 13.9. The van der Waals surface area contributed by atoms with Gasteiger partial charge in [-0.25, -0.2) is 0 Å². The predicted octanol–water partition coefficient (Wildman–Crippen LogP) is 2.96. The Morgan fingerprint density at radius 2 is 2.00 bits per heavy atom. The standard InChI is InChI=1S/C17H23ClN2O2/c1-12(2)11-19-16(21)13-6-8-20(9-7-13)17(22)14-4-3-5-15(18)10-14/h3-5,10,12-13H,6-9,11H2,1-2H3,(H,19,21). The lowest BCUT2D eigenvalue weighted by Crippen LogP contribution is -2.43. The Kier molecular flexibility index (Phi) is 5.83. The van der Waals surface area contributed by atoms with Crippen LogP contribution < -0.4 is 5.32 Å². The normalized spacial score (nSPS) is 15.9. The van der Waals surface area contributed by atoms with E-state index in [2.05, 4.69) is 19.2 Å². The monoisotopic (exact) mass is 322 g/mol. The average Bonchev–Trinajstić information content (AvgIpc) is 2.52. The van der Waals surface area contributed by atoms with Crippen LogP contribution in [0, 0.1) is 11.8 Å². The van der Waals surface area contributed by atoms with Crippen LogP contribution in [-0.4, -0.2) is 36.3 Å². The van der Waals surface area contributed by atoms with Crippen molar-refractivity contribution in [2.24, 2.45) is 11.8 Å². The SMILES string of the molecule is CC(C)CNC(=O)C1CCN(C(=O)c2cccc(Cl)c2)CC1. The van der Waals surface area contributed by atoms with Gasteiger partial charge in [-0.15, -0.1) is 0 Å². The topological polar surface area (TPSA) is 49.4 Å². The van der Waals surface area contributed by atoms with Gasteiger partial charge in [0.1, 0.15) is 0 Å². The number of nitrogens with one attached hydrogen (secondary N) is 1. The molecule has 4 nitrogen and oxygen atoms in total. The number of likely N-dealkylation sites (tertiary alicyclic amines) is 1. The number of hydrogen-bond acceptors (Lipinski definition) is 2. The minimum atomic E-state index is -0.0106. The molecule has 1 aromatic carbocycles. The Labute approximate surface area is 136 Å². The van der Waals surface area contributed by atoms with Gasteiger partial charge in [0.2, 0.25) is 5.91 Å². The molecule has 1 saturated heterocycles. The van der Waals surface area contributed by atoms with Crippen LogP contribution in [0.4, 0.5) is 0 Å². The summed E-state index contributed by atoms with van der Waals surface area (Å²) >= 11 is 5.93. The first kappa shape index (κ1) is 16.8. The fourth-order valence-electron chi connectivity index (χ4n) is 2.60. The van der Waals surface area contributed by atoms with Crippen molar-refractivity contribution in [2.45, 2.75) is 26.7 Å². The third-order valence-electron chi connectivity index (χ3n) is 3.91. The number of hydrogen-bond donors (Lipinski definition) is 1. The highest BCUT2D eigenvalue weighted by atomic mass is 35.5. The van der Waals surface area contributed by atoms with Crippen LogP contribution >= 0.6 is 11.6 Å². The van der Waals surface area contributed by atoms with Crippen molar-refractivity contribution in [3.63, 3.8) is 0 Å². The lowest BCUT2D eigenvalue weighted by molar-refractivity contribution is -0.126. The second kappa shape index (κ2) is 7.63. The van der Waals surface area contributed by atoms with Crippen LogP contribution in [0.25, 0.3) is 0 Å². The number of rotatable bonds is 4. The van der Waals surface area contributed by atoms with E-state index in [0.717, 1.165) is 12.8 Å². The molecule has 1 fully saturated rings. The van der Waals surface area contributed by atoms with Gasteiger partial charge in [-0.3, -0.25) is 9.59 Å².